The maximum Gasteiger partial charge on any atom is 0.336 e. The first-order valence-electron chi connectivity index (χ1n) is 3.46. The van der Waals surface area contributed by atoms with Crippen molar-refractivity contribution in [2.75, 3.05) is 0 Å². The molecule has 0 heterocycles. The van der Waals surface area contributed by atoms with Crippen molar-refractivity contribution in [1.29, 1.82) is 0 Å². The van der Waals surface area contributed by atoms with Crippen molar-refractivity contribution in [1.82, 2.24) is 0 Å². The summed E-state index contributed by atoms with van der Waals surface area (Å²) in [4.78, 5) is 21.6. The molecule has 0 aliphatic carbocycles. The van der Waals surface area contributed by atoms with E-state index in [1.54, 1.807) is 0 Å². The summed E-state index contributed by atoms with van der Waals surface area (Å²) in [5.41, 5.74) is -0.288. The lowest BCUT2D eigenvalue weighted by Crippen LogP contribution is -2.04. The van der Waals surface area contributed by atoms with Gasteiger partial charge in [0.25, 0.3) is 0 Å². The first-order valence-corrected chi connectivity index (χ1v) is 4.35. The zero-order valence-electron chi connectivity index (χ0n) is 6.76. The average Bonchev–Trinajstić information content (AvgIpc) is 2.08. The molecule has 1 aromatic rings. The van der Waals surface area contributed by atoms with Crippen LogP contribution >= 0.6 is 25.3 Å². The van der Waals surface area contributed by atoms with Crippen LogP contribution in [-0.4, -0.2) is 22.2 Å². The molecule has 0 aliphatic heterocycles. The second-order valence-electron chi connectivity index (χ2n) is 2.50. The van der Waals surface area contributed by atoms with Crippen LogP contribution in [-0.2, 0) is 0 Å². The zero-order chi connectivity index (χ0) is 10.9. The van der Waals surface area contributed by atoms with Gasteiger partial charge in [0.15, 0.2) is 0 Å². The topological polar surface area (TPSA) is 74.6 Å². The highest BCUT2D eigenvalue weighted by molar-refractivity contribution is 7.83. The lowest BCUT2D eigenvalue weighted by molar-refractivity contribution is 0.0692. The summed E-state index contributed by atoms with van der Waals surface area (Å²) < 4.78 is 0. The molecule has 0 amide bonds. The number of carbonyl (C=O) groups is 2. The van der Waals surface area contributed by atoms with E-state index in [2.05, 4.69) is 25.3 Å². The Morgan fingerprint density at radius 1 is 1.07 bits per heavy atom. The number of carboxylic acids is 2. The summed E-state index contributed by atoms with van der Waals surface area (Å²) in [5, 5.41) is 17.4. The molecule has 6 heteroatoms. The highest BCUT2D eigenvalue weighted by Gasteiger charge is 2.14. The van der Waals surface area contributed by atoms with Gasteiger partial charge in [-0.05, 0) is 12.1 Å². The van der Waals surface area contributed by atoms with Crippen molar-refractivity contribution in [3.8, 4) is 0 Å². The van der Waals surface area contributed by atoms with Crippen LogP contribution in [0.4, 0.5) is 0 Å². The molecular formula is C8H6O4S2. The molecule has 14 heavy (non-hydrogen) atoms. The van der Waals surface area contributed by atoms with Gasteiger partial charge in [0.05, 0.1) is 11.1 Å². The van der Waals surface area contributed by atoms with Gasteiger partial charge >= 0.3 is 11.9 Å². The number of benzene rings is 1. The molecule has 1 aromatic carbocycles. The Bertz CT molecular complexity index is 414. The summed E-state index contributed by atoms with van der Waals surface area (Å²) in [6.45, 7) is 0. The normalized spacial score (nSPS) is 9.86. The summed E-state index contributed by atoms with van der Waals surface area (Å²) in [6, 6.07) is 2.30. The minimum absolute atomic E-state index is 0.120. The summed E-state index contributed by atoms with van der Waals surface area (Å²) >= 11 is 7.84. The second-order valence-corrected chi connectivity index (χ2v) is 3.43. The van der Waals surface area contributed by atoms with Crippen LogP contribution in [0, 0.1) is 0 Å². The molecular weight excluding hydrogens is 224 g/mol. The first kappa shape index (κ1) is 10.9. The Morgan fingerprint density at radius 3 is 2.07 bits per heavy atom. The van der Waals surface area contributed by atoms with Gasteiger partial charge in [0, 0.05) is 9.79 Å². The number of hydrogen-bond acceptors (Lipinski definition) is 4. The maximum atomic E-state index is 10.7. The lowest BCUT2D eigenvalue weighted by Gasteiger charge is -2.04. The molecule has 74 valence electrons. The molecule has 0 radical (unpaired) electrons. The third-order valence-corrected chi connectivity index (χ3v) is 2.58. The van der Waals surface area contributed by atoms with Crippen LogP contribution < -0.4 is 0 Å². The van der Waals surface area contributed by atoms with Crippen molar-refractivity contribution in [2.24, 2.45) is 0 Å². The maximum absolute atomic E-state index is 10.7. The Hall–Kier alpha value is -1.14. The zero-order valence-corrected chi connectivity index (χ0v) is 8.55. The quantitative estimate of drug-likeness (QED) is 0.583. The summed E-state index contributed by atoms with van der Waals surface area (Å²) in [5.74, 6) is -2.43. The summed E-state index contributed by atoms with van der Waals surface area (Å²) in [7, 11) is 0. The molecule has 0 saturated heterocycles. The van der Waals surface area contributed by atoms with Crippen molar-refractivity contribution < 1.29 is 19.8 Å². The van der Waals surface area contributed by atoms with Crippen LogP contribution in [0.15, 0.2) is 21.9 Å². The number of aromatic carboxylic acids is 2. The lowest BCUT2D eigenvalue weighted by atomic mass is 10.1. The fourth-order valence-electron chi connectivity index (χ4n) is 0.906. The average molecular weight is 230 g/mol. The predicted octanol–water partition coefficient (Wildman–Crippen LogP) is 1.66. The Kier molecular flexibility index (Phi) is 3.07. The van der Waals surface area contributed by atoms with Crippen LogP contribution in [0.25, 0.3) is 0 Å². The molecule has 0 aromatic heterocycles. The van der Waals surface area contributed by atoms with Crippen LogP contribution in [0.3, 0.4) is 0 Å². The minimum Gasteiger partial charge on any atom is -0.478 e. The van der Waals surface area contributed by atoms with Crippen LogP contribution in [0.5, 0.6) is 0 Å². The second kappa shape index (κ2) is 3.93. The number of carboxylic acid groups (broad SMARTS) is 2. The number of rotatable bonds is 2. The predicted molar refractivity (Wildman–Crippen MR) is 54.9 cm³/mol. The monoisotopic (exact) mass is 230 g/mol. The molecule has 0 saturated carbocycles. The van der Waals surface area contributed by atoms with Crippen LogP contribution in [0.2, 0.25) is 0 Å². The minimum atomic E-state index is -1.23. The van der Waals surface area contributed by atoms with E-state index < -0.39 is 11.9 Å². The molecule has 1 rings (SSSR count). The van der Waals surface area contributed by atoms with Gasteiger partial charge in [0.1, 0.15) is 0 Å². The smallest absolute Gasteiger partial charge is 0.336 e. The standard InChI is InChI=1S/C8H6O4S2/c9-7(10)3-1-4(8(11)12)6(14)5(13)2-3/h1-2,13-14H,(H,9,10)(H,11,12). The fourth-order valence-corrected chi connectivity index (χ4v) is 1.39. The Morgan fingerprint density at radius 2 is 1.64 bits per heavy atom. The van der Waals surface area contributed by atoms with Crippen molar-refractivity contribution in [3.63, 3.8) is 0 Å². The van der Waals surface area contributed by atoms with Gasteiger partial charge in [-0.25, -0.2) is 9.59 Å². The molecule has 0 unspecified atom stereocenters. The Labute approximate surface area is 90.4 Å². The summed E-state index contributed by atoms with van der Waals surface area (Å²) in [6.07, 6.45) is 0. The largest absolute Gasteiger partial charge is 0.478 e. The highest BCUT2D eigenvalue weighted by Crippen LogP contribution is 2.24. The molecule has 0 fully saturated rings. The number of thiol groups is 2. The van der Waals surface area contributed by atoms with Crippen molar-refractivity contribution in [2.45, 2.75) is 9.79 Å². The van der Waals surface area contributed by atoms with Crippen molar-refractivity contribution >= 4 is 37.2 Å². The van der Waals surface area contributed by atoms with E-state index in [1.807, 2.05) is 0 Å². The highest BCUT2D eigenvalue weighted by atomic mass is 32.1. The fraction of sp³-hybridized carbons (Fsp3) is 0. The molecule has 0 bridgehead atoms. The van der Waals surface area contributed by atoms with Gasteiger partial charge in [-0.15, -0.1) is 25.3 Å². The van der Waals surface area contributed by atoms with E-state index in [0.29, 0.717) is 0 Å². The molecule has 2 N–H and O–H groups in total. The van der Waals surface area contributed by atoms with Gasteiger partial charge in [-0.3, -0.25) is 0 Å². The molecule has 4 nitrogen and oxygen atoms in total. The van der Waals surface area contributed by atoms with Gasteiger partial charge in [-0.1, -0.05) is 0 Å². The Balaban J connectivity index is 3.43. The number of hydrogen-bond donors (Lipinski definition) is 4. The van der Waals surface area contributed by atoms with Gasteiger partial charge in [-0.2, -0.15) is 0 Å². The van der Waals surface area contributed by atoms with Crippen LogP contribution in [0.1, 0.15) is 20.7 Å². The third kappa shape index (κ3) is 2.02. The first-order chi connectivity index (χ1) is 6.43. The molecule has 0 aliphatic rings. The molecule has 0 atom stereocenters. The van der Waals surface area contributed by atoms with E-state index in [4.69, 9.17) is 10.2 Å². The van der Waals surface area contributed by atoms with E-state index in [0.717, 1.165) is 6.07 Å². The third-order valence-electron chi connectivity index (χ3n) is 1.57. The van der Waals surface area contributed by atoms with E-state index in [1.165, 1.54) is 6.07 Å². The van der Waals surface area contributed by atoms with Gasteiger partial charge in [0.2, 0.25) is 0 Å². The van der Waals surface area contributed by atoms with E-state index >= 15 is 0 Å². The SMILES string of the molecule is O=C(O)c1cc(S)c(S)c(C(=O)O)c1. The van der Waals surface area contributed by atoms with Gasteiger partial charge < -0.3 is 10.2 Å². The molecule has 0 spiro atoms. The van der Waals surface area contributed by atoms with Crippen molar-refractivity contribution in [3.05, 3.63) is 23.3 Å². The van der Waals surface area contributed by atoms with E-state index in [-0.39, 0.29) is 20.9 Å². The van der Waals surface area contributed by atoms with E-state index in [9.17, 15) is 9.59 Å².